The minimum Gasteiger partial charge on any atom is -0.444 e. The number of rotatable bonds is 4. The van der Waals surface area contributed by atoms with E-state index >= 15 is 0 Å². The fourth-order valence-electron chi connectivity index (χ4n) is 0.995. The minimum absolute atomic E-state index is 0.162. The van der Waals surface area contributed by atoms with E-state index in [1.54, 1.807) is 11.9 Å². The second kappa shape index (κ2) is 5.95. The van der Waals surface area contributed by atoms with Gasteiger partial charge in [-0.2, -0.15) is 0 Å². The maximum absolute atomic E-state index is 11.5. The summed E-state index contributed by atoms with van der Waals surface area (Å²) in [6, 6.07) is 0.162. The van der Waals surface area contributed by atoms with Crippen LogP contribution in [0.1, 0.15) is 40.5 Å². The average molecular weight is 216 g/mol. The summed E-state index contributed by atoms with van der Waals surface area (Å²) in [5.74, 6) is 0. The molecule has 0 radical (unpaired) electrons. The molecule has 0 aromatic heterocycles. The van der Waals surface area contributed by atoms with Crippen LogP contribution in [0.2, 0.25) is 0 Å². The number of nitrogens with two attached hydrogens (primary N) is 1. The molecular formula is C11H24N2O2. The molecule has 0 fully saturated rings. The number of hydrogen-bond acceptors (Lipinski definition) is 3. The Balaban J connectivity index is 3.90. The molecule has 0 saturated heterocycles. The summed E-state index contributed by atoms with van der Waals surface area (Å²) in [5.41, 5.74) is 5.34. The Kier molecular flexibility index (Phi) is 5.65. The molecule has 4 heteroatoms. The van der Waals surface area contributed by atoms with Crippen LogP contribution in [0, 0.1) is 0 Å². The smallest absolute Gasteiger partial charge is 0.410 e. The van der Waals surface area contributed by atoms with Crippen LogP contribution in [0.25, 0.3) is 0 Å². The Labute approximate surface area is 92.8 Å². The highest BCUT2D eigenvalue weighted by Gasteiger charge is 2.19. The summed E-state index contributed by atoms with van der Waals surface area (Å²) >= 11 is 0. The third kappa shape index (κ3) is 7.19. The Bertz CT molecular complexity index is 199. The summed E-state index contributed by atoms with van der Waals surface area (Å²) in [4.78, 5) is 13.1. The normalized spacial score (nSPS) is 13.5. The number of nitrogens with zero attached hydrogens (tertiary/aromatic N) is 1. The summed E-state index contributed by atoms with van der Waals surface area (Å²) in [6.45, 7) is 8.26. The van der Waals surface area contributed by atoms with Gasteiger partial charge in [-0.3, -0.25) is 0 Å². The van der Waals surface area contributed by atoms with Crippen molar-refractivity contribution in [1.29, 1.82) is 0 Å². The van der Waals surface area contributed by atoms with Gasteiger partial charge in [-0.05, 0) is 33.6 Å². The predicted molar refractivity (Wildman–Crippen MR) is 61.7 cm³/mol. The molecule has 0 rings (SSSR count). The molecule has 0 aromatic carbocycles. The van der Waals surface area contributed by atoms with Crippen molar-refractivity contribution in [3.63, 3.8) is 0 Å². The molecule has 0 aliphatic heterocycles. The summed E-state index contributed by atoms with van der Waals surface area (Å²) in [7, 11) is 1.73. The maximum atomic E-state index is 11.5. The van der Waals surface area contributed by atoms with Crippen molar-refractivity contribution < 1.29 is 9.53 Å². The molecule has 90 valence electrons. The molecule has 1 atom stereocenters. The van der Waals surface area contributed by atoms with Gasteiger partial charge in [-0.1, -0.05) is 6.92 Å². The van der Waals surface area contributed by atoms with E-state index in [2.05, 4.69) is 0 Å². The van der Waals surface area contributed by atoms with Gasteiger partial charge in [0.05, 0.1) is 0 Å². The van der Waals surface area contributed by atoms with Crippen molar-refractivity contribution in [3.05, 3.63) is 0 Å². The van der Waals surface area contributed by atoms with Crippen molar-refractivity contribution in [2.45, 2.75) is 52.2 Å². The van der Waals surface area contributed by atoms with E-state index in [-0.39, 0.29) is 12.1 Å². The quantitative estimate of drug-likeness (QED) is 0.781. The predicted octanol–water partition coefficient (Wildman–Crippen LogP) is 1.98. The highest BCUT2D eigenvalue weighted by atomic mass is 16.6. The monoisotopic (exact) mass is 216 g/mol. The van der Waals surface area contributed by atoms with E-state index in [0.717, 1.165) is 12.8 Å². The second-order valence-electron chi connectivity index (χ2n) is 4.86. The van der Waals surface area contributed by atoms with Crippen molar-refractivity contribution in [3.8, 4) is 0 Å². The zero-order valence-corrected chi connectivity index (χ0v) is 10.5. The Morgan fingerprint density at radius 1 is 1.47 bits per heavy atom. The van der Waals surface area contributed by atoms with Crippen LogP contribution in [0.4, 0.5) is 4.79 Å². The van der Waals surface area contributed by atoms with E-state index in [0.29, 0.717) is 6.54 Å². The SMILES string of the molecule is CC[C@@H](N)CCN(C)C(=O)OC(C)(C)C. The first kappa shape index (κ1) is 14.2. The van der Waals surface area contributed by atoms with Gasteiger partial charge >= 0.3 is 6.09 Å². The summed E-state index contributed by atoms with van der Waals surface area (Å²) in [6.07, 6.45) is 1.46. The lowest BCUT2D eigenvalue weighted by atomic mass is 10.1. The number of ether oxygens (including phenoxy) is 1. The number of amides is 1. The molecule has 1 amide bonds. The van der Waals surface area contributed by atoms with E-state index in [9.17, 15) is 4.79 Å². The van der Waals surface area contributed by atoms with E-state index in [4.69, 9.17) is 10.5 Å². The van der Waals surface area contributed by atoms with Gasteiger partial charge in [0, 0.05) is 19.6 Å². The highest BCUT2D eigenvalue weighted by molar-refractivity contribution is 5.67. The van der Waals surface area contributed by atoms with Crippen LogP contribution < -0.4 is 5.73 Å². The molecule has 0 heterocycles. The van der Waals surface area contributed by atoms with Crippen molar-refractivity contribution in [2.24, 2.45) is 5.73 Å². The van der Waals surface area contributed by atoms with Crippen molar-refractivity contribution >= 4 is 6.09 Å². The second-order valence-corrected chi connectivity index (χ2v) is 4.86. The van der Waals surface area contributed by atoms with Crippen LogP contribution in [-0.2, 0) is 4.74 Å². The van der Waals surface area contributed by atoms with Crippen LogP contribution in [0.3, 0.4) is 0 Å². The topological polar surface area (TPSA) is 55.6 Å². The van der Waals surface area contributed by atoms with Gasteiger partial charge < -0.3 is 15.4 Å². The van der Waals surface area contributed by atoms with Crippen molar-refractivity contribution in [2.75, 3.05) is 13.6 Å². The van der Waals surface area contributed by atoms with Crippen LogP contribution in [-0.4, -0.2) is 36.2 Å². The van der Waals surface area contributed by atoms with Crippen LogP contribution in [0.15, 0.2) is 0 Å². The molecule has 0 spiro atoms. The lowest BCUT2D eigenvalue weighted by Gasteiger charge is -2.25. The molecule has 0 aromatic rings. The first-order valence-electron chi connectivity index (χ1n) is 5.46. The molecule has 4 nitrogen and oxygen atoms in total. The molecule has 0 unspecified atom stereocenters. The molecule has 15 heavy (non-hydrogen) atoms. The third-order valence-electron chi connectivity index (χ3n) is 2.06. The van der Waals surface area contributed by atoms with Gasteiger partial charge in [0.25, 0.3) is 0 Å². The molecule has 0 aliphatic carbocycles. The van der Waals surface area contributed by atoms with Gasteiger partial charge in [-0.15, -0.1) is 0 Å². The molecule has 2 N–H and O–H groups in total. The number of hydrogen-bond donors (Lipinski definition) is 1. The zero-order valence-electron chi connectivity index (χ0n) is 10.5. The zero-order chi connectivity index (χ0) is 12.1. The van der Waals surface area contributed by atoms with Gasteiger partial charge in [0.1, 0.15) is 5.60 Å². The largest absolute Gasteiger partial charge is 0.444 e. The Hall–Kier alpha value is -0.770. The summed E-state index contributed by atoms with van der Waals surface area (Å²) in [5, 5.41) is 0. The highest BCUT2D eigenvalue weighted by Crippen LogP contribution is 2.09. The van der Waals surface area contributed by atoms with Crippen LogP contribution >= 0.6 is 0 Å². The minimum atomic E-state index is -0.432. The standard InChI is InChI=1S/C11H24N2O2/c1-6-9(12)7-8-13(5)10(14)15-11(2,3)4/h9H,6-8,12H2,1-5H3/t9-/m1/s1. The molecular weight excluding hydrogens is 192 g/mol. The number of carbonyl (C=O) groups is 1. The first-order chi connectivity index (χ1) is 6.76. The van der Waals surface area contributed by atoms with E-state index in [1.807, 2.05) is 27.7 Å². The van der Waals surface area contributed by atoms with Crippen LogP contribution in [0.5, 0.6) is 0 Å². The average Bonchev–Trinajstić information content (AvgIpc) is 2.10. The van der Waals surface area contributed by atoms with E-state index < -0.39 is 5.60 Å². The van der Waals surface area contributed by atoms with Gasteiger partial charge in [-0.25, -0.2) is 4.79 Å². The maximum Gasteiger partial charge on any atom is 0.410 e. The molecule has 0 bridgehead atoms. The molecule has 0 aliphatic rings. The molecule has 0 saturated carbocycles. The summed E-state index contributed by atoms with van der Waals surface area (Å²) < 4.78 is 5.21. The third-order valence-corrected chi connectivity index (χ3v) is 2.06. The lowest BCUT2D eigenvalue weighted by molar-refractivity contribution is 0.0294. The first-order valence-corrected chi connectivity index (χ1v) is 5.46. The van der Waals surface area contributed by atoms with Gasteiger partial charge in [0.2, 0.25) is 0 Å². The fraction of sp³-hybridized carbons (Fsp3) is 0.909. The van der Waals surface area contributed by atoms with Crippen molar-refractivity contribution in [1.82, 2.24) is 4.90 Å². The lowest BCUT2D eigenvalue weighted by Crippen LogP contribution is -2.36. The van der Waals surface area contributed by atoms with E-state index in [1.165, 1.54) is 0 Å². The Morgan fingerprint density at radius 2 is 2.00 bits per heavy atom. The number of carbonyl (C=O) groups excluding carboxylic acids is 1. The fourth-order valence-corrected chi connectivity index (χ4v) is 0.995. The Morgan fingerprint density at radius 3 is 2.40 bits per heavy atom. The van der Waals surface area contributed by atoms with Gasteiger partial charge in [0.15, 0.2) is 0 Å².